The minimum Gasteiger partial charge on any atom is -0.378 e. The van der Waals surface area contributed by atoms with E-state index in [1.54, 1.807) is 23.1 Å². The Labute approximate surface area is 169 Å². The molecule has 0 saturated carbocycles. The summed E-state index contributed by atoms with van der Waals surface area (Å²) >= 11 is 0. The normalized spacial score (nSPS) is 19.5. The molecule has 2 saturated heterocycles. The first-order chi connectivity index (χ1) is 14.1. The van der Waals surface area contributed by atoms with Crippen LogP contribution in [0.25, 0.3) is 0 Å². The van der Waals surface area contributed by atoms with E-state index in [-0.39, 0.29) is 30.6 Å². The molecule has 2 aromatic carbocycles. The monoisotopic (exact) mass is 397 g/mol. The number of benzene rings is 2. The predicted octanol–water partition coefficient (Wildman–Crippen LogP) is 2.65. The number of anilines is 2. The first kappa shape index (κ1) is 19.4. The second-order valence-electron chi connectivity index (χ2n) is 7.37. The molecule has 2 heterocycles. The second kappa shape index (κ2) is 8.61. The zero-order valence-electron chi connectivity index (χ0n) is 16.1. The van der Waals surface area contributed by atoms with Crippen molar-refractivity contribution in [3.05, 3.63) is 59.9 Å². The van der Waals surface area contributed by atoms with Gasteiger partial charge in [-0.05, 0) is 18.2 Å². The number of carbonyl (C=O) groups is 2. The van der Waals surface area contributed by atoms with E-state index in [2.05, 4.69) is 10.2 Å². The largest absolute Gasteiger partial charge is 0.378 e. The molecule has 7 heteroatoms. The lowest BCUT2D eigenvalue weighted by Gasteiger charge is -2.30. The third-order valence-corrected chi connectivity index (χ3v) is 5.42. The number of likely N-dealkylation sites (tertiary alicyclic amines) is 1. The standard InChI is InChI=1S/C22H24FN3O3/c23-18-6-2-1-5-16(18)14-26-15-17(13-21(26)27)22(28)24-19-7-3-4-8-20(19)25-9-11-29-12-10-25/h1-8,17H,9-15H2,(H,24,28). The average Bonchev–Trinajstić information content (AvgIpc) is 3.11. The summed E-state index contributed by atoms with van der Waals surface area (Å²) in [6, 6.07) is 14.1. The van der Waals surface area contributed by atoms with Crippen LogP contribution in [0.15, 0.2) is 48.5 Å². The third-order valence-electron chi connectivity index (χ3n) is 5.42. The van der Waals surface area contributed by atoms with E-state index < -0.39 is 5.92 Å². The molecule has 29 heavy (non-hydrogen) atoms. The van der Waals surface area contributed by atoms with Gasteiger partial charge in [0.15, 0.2) is 0 Å². The summed E-state index contributed by atoms with van der Waals surface area (Å²) < 4.78 is 19.3. The number of hydrogen-bond acceptors (Lipinski definition) is 4. The van der Waals surface area contributed by atoms with Crippen LogP contribution in [-0.4, -0.2) is 49.6 Å². The van der Waals surface area contributed by atoms with Crippen LogP contribution >= 0.6 is 0 Å². The molecule has 0 aromatic heterocycles. The number of halogens is 1. The minimum absolute atomic E-state index is 0.130. The second-order valence-corrected chi connectivity index (χ2v) is 7.37. The van der Waals surface area contributed by atoms with Gasteiger partial charge >= 0.3 is 0 Å². The number of hydrogen-bond donors (Lipinski definition) is 1. The van der Waals surface area contributed by atoms with Crippen LogP contribution in [0.3, 0.4) is 0 Å². The van der Waals surface area contributed by atoms with E-state index in [1.807, 2.05) is 24.3 Å². The molecular weight excluding hydrogens is 373 g/mol. The van der Waals surface area contributed by atoms with Crippen molar-refractivity contribution in [2.24, 2.45) is 5.92 Å². The molecule has 1 atom stereocenters. The maximum Gasteiger partial charge on any atom is 0.229 e. The van der Waals surface area contributed by atoms with Crippen molar-refractivity contribution in [3.63, 3.8) is 0 Å². The molecule has 2 fully saturated rings. The molecule has 2 aliphatic rings. The molecule has 1 unspecified atom stereocenters. The van der Waals surface area contributed by atoms with Crippen LogP contribution in [0.1, 0.15) is 12.0 Å². The predicted molar refractivity (Wildman–Crippen MR) is 108 cm³/mol. The van der Waals surface area contributed by atoms with E-state index in [1.165, 1.54) is 6.07 Å². The zero-order valence-corrected chi connectivity index (χ0v) is 16.1. The smallest absolute Gasteiger partial charge is 0.229 e. The number of amides is 2. The molecule has 0 bridgehead atoms. The molecule has 6 nitrogen and oxygen atoms in total. The van der Waals surface area contributed by atoms with Crippen molar-refractivity contribution < 1.29 is 18.7 Å². The highest BCUT2D eigenvalue weighted by atomic mass is 19.1. The Kier molecular flexibility index (Phi) is 5.76. The molecule has 152 valence electrons. The van der Waals surface area contributed by atoms with Crippen molar-refractivity contribution in [3.8, 4) is 0 Å². The summed E-state index contributed by atoms with van der Waals surface area (Å²) in [6.45, 7) is 3.32. The number of para-hydroxylation sites is 2. The van der Waals surface area contributed by atoms with E-state index >= 15 is 0 Å². The van der Waals surface area contributed by atoms with E-state index in [9.17, 15) is 14.0 Å². The van der Waals surface area contributed by atoms with Gasteiger partial charge in [0.25, 0.3) is 0 Å². The average molecular weight is 397 g/mol. The van der Waals surface area contributed by atoms with Gasteiger partial charge in [-0.15, -0.1) is 0 Å². The SMILES string of the molecule is O=C(Nc1ccccc1N1CCOCC1)C1CC(=O)N(Cc2ccccc2F)C1. The van der Waals surface area contributed by atoms with Crippen molar-refractivity contribution in [1.82, 2.24) is 4.90 Å². The first-order valence-corrected chi connectivity index (χ1v) is 9.85. The van der Waals surface area contributed by atoms with Gasteiger partial charge in [-0.1, -0.05) is 30.3 Å². The zero-order chi connectivity index (χ0) is 20.2. The number of nitrogens with one attached hydrogen (secondary N) is 1. The summed E-state index contributed by atoms with van der Waals surface area (Å²) in [5.74, 6) is -1.11. The molecular formula is C22H24FN3O3. The van der Waals surface area contributed by atoms with Gasteiger partial charge in [-0.2, -0.15) is 0 Å². The molecule has 2 amide bonds. The Hall–Kier alpha value is -2.93. The Morgan fingerprint density at radius 3 is 2.62 bits per heavy atom. The topological polar surface area (TPSA) is 61.9 Å². The number of nitrogens with zero attached hydrogens (tertiary/aromatic N) is 2. The molecule has 0 spiro atoms. The molecule has 2 aliphatic heterocycles. The fourth-order valence-corrected chi connectivity index (χ4v) is 3.83. The Morgan fingerprint density at radius 1 is 1.10 bits per heavy atom. The fourth-order valence-electron chi connectivity index (χ4n) is 3.83. The molecule has 2 aromatic rings. The summed E-state index contributed by atoms with van der Waals surface area (Å²) in [7, 11) is 0. The fraction of sp³-hybridized carbons (Fsp3) is 0.364. The highest BCUT2D eigenvalue weighted by Gasteiger charge is 2.35. The Balaban J connectivity index is 1.42. The lowest BCUT2D eigenvalue weighted by Crippen LogP contribution is -2.37. The highest BCUT2D eigenvalue weighted by Crippen LogP contribution is 2.28. The summed E-state index contributed by atoms with van der Waals surface area (Å²) in [5.41, 5.74) is 2.15. The van der Waals surface area contributed by atoms with Crippen LogP contribution in [0.2, 0.25) is 0 Å². The minimum atomic E-state index is -0.452. The van der Waals surface area contributed by atoms with Gasteiger partial charge in [0, 0.05) is 38.2 Å². The van der Waals surface area contributed by atoms with Crippen LogP contribution in [0.5, 0.6) is 0 Å². The Bertz CT molecular complexity index is 898. The van der Waals surface area contributed by atoms with Crippen molar-refractivity contribution in [2.75, 3.05) is 43.1 Å². The summed E-state index contributed by atoms with van der Waals surface area (Å²) in [5, 5.41) is 2.99. The van der Waals surface area contributed by atoms with Crippen LogP contribution in [-0.2, 0) is 20.9 Å². The number of ether oxygens (including phenoxy) is 1. The third kappa shape index (κ3) is 4.40. The number of morpholine rings is 1. The summed E-state index contributed by atoms with van der Waals surface area (Å²) in [4.78, 5) is 29.0. The van der Waals surface area contributed by atoms with Crippen molar-refractivity contribution in [1.29, 1.82) is 0 Å². The number of rotatable bonds is 5. The quantitative estimate of drug-likeness (QED) is 0.843. The maximum atomic E-state index is 13.9. The number of carbonyl (C=O) groups excluding carboxylic acids is 2. The first-order valence-electron chi connectivity index (χ1n) is 9.85. The van der Waals surface area contributed by atoms with Crippen LogP contribution in [0.4, 0.5) is 15.8 Å². The maximum absolute atomic E-state index is 13.9. The van der Waals surface area contributed by atoms with Crippen LogP contribution in [0, 0.1) is 11.7 Å². The molecule has 4 rings (SSSR count). The van der Waals surface area contributed by atoms with Crippen molar-refractivity contribution >= 4 is 23.2 Å². The summed E-state index contributed by atoms with van der Waals surface area (Å²) in [6.07, 6.45) is 0.139. The molecule has 0 radical (unpaired) electrons. The van der Waals surface area contributed by atoms with Gasteiger partial charge in [-0.3, -0.25) is 9.59 Å². The lowest BCUT2D eigenvalue weighted by atomic mass is 10.1. The van der Waals surface area contributed by atoms with Gasteiger partial charge in [0.2, 0.25) is 11.8 Å². The Morgan fingerprint density at radius 2 is 1.83 bits per heavy atom. The van der Waals surface area contributed by atoms with Gasteiger partial charge in [-0.25, -0.2) is 4.39 Å². The van der Waals surface area contributed by atoms with Crippen molar-refractivity contribution in [2.45, 2.75) is 13.0 Å². The lowest BCUT2D eigenvalue weighted by molar-refractivity contribution is -0.128. The van der Waals surface area contributed by atoms with Gasteiger partial charge in [0.1, 0.15) is 5.82 Å². The highest BCUT2D eigenvalue weighted by molar-refractivity contribution is 5.99. The molecule has 1 N–H and O–H groups in total. The van der Waals surface area contributed by atoms with E-state index in [0.29, 0.717) is 25.3 Å². The van der Waals surface area contributed by atoms with Gasteiger partial charge in [0.05, 0.1) is 30.5 Å². The molecule has 0 aliphatic carbocycles. The van der Waals surface area contributed by atoms with Crippen LogP contribution < -0.4 is 10.2 Å². The van der Waals surface area contributed by atoms with E-state index in [0.717, 1.165) is 24.5 Å². The van der Waals surface area contributed by atoms with Gasteiger partial charge < -0.3 is 19.9 Å². The van der Waals surface area contributed by atoms with E-state index in [4.69, 9.17) is 4.74 Å².